The smallest absolute Gasteiger partial charge is 0.152 e. The second kappa shape index (κ2) is 5.49. The molecular formula is C11H9NO3. The Hall–Kier alpha value is -2.23. The third-order valence-corrected chi connectivity index (χ3v) is 1.95. The Labute approximate surface area is 86.1 Å². The molecule has 76 valence electrons. The first-order chi connectivity index (χ1) is 7.33. The average molecular weight is 203 g/mol. The molecule has 2 aromatic carbocycles. The summed E-state index contributed by atoms with van der Waals surface area (Å²) in [6.45, 7) is 0. The molecule has 0 spiro atoms. The third kappa shape index (κ3) is 2.60. The van der Waals surface area contributed by atoms with Crippen molar-refractivity contribution in [1.82, 2.24) is 0 Å². The van der Waals surface area contributed by atoms with Gasteiger partial charge in [0, 0.05) is 5.56 Å². The Bertz CT molecular complexity index is 463. The molecule has 0 saturated heterocycles. The number of benzene rings is 2. The van der Waals surface area contributed by atoms with Crippen molar-refractivity contribution in [3.8, 4) is 0 Å². The van der Waals surface area contributed by atoms with Gasteiger partial charge in [-0.1, -0.05) is 42.5 Å². The molecule has 4 heteroatoms. The summed E-state index contributed by atoms with van der Waals surface area (Å²) >= 11 is 0. The quantitative estimate of drug-likeness (QED) is 0.440. The van der Waals surface area contributed by atoms with E-state index in [1.807, 2.05) is 42.5 Å². The monoisotopic (exact) mass is 203 g/mol. The van der Waals surface area contributed by atoms with Crippen LogP contribution >= 0.6 is 0 Å². The molecule has 2 rings (SSSR count). The molecule has 0 aliphatic carbocycles. The lowest BCUT2D eigenvalue weighted by molar-refractivity contribution is 0.112. The molecule has 0 heterocycles. The summed E-state index contributed by atoms with van der Waals surface area (Å²) in [7, 11) is 0. The normalized spacial score (nSPS) is 8.80. The van der Waals surface area contributed by atoms with Gasteiger partial charge in [0.2, 0.25) is 0 Å². The Morgan fingerprint density at radius 1 is 1.07 bits per heavy atom. The molecule has 2 aromatic rings. The lowest BCUT2D eigenvalue weighted by Gasteiger charge is -1.98. The Balaban J connectivity index is 0.000000337. The van der Waals surface area contributed by atoms with Crippen LogP contribution in [0.3, 0.4) is 0 Å². The number of carbonyl (C=O) groups excluding carboxylic acids is 1. The molecule has 0 amide bonds. The van der Waals surface area contributed by atoms with Gasteiger partial charge in [0.1, 0.15) is 0 Å². The molecule has 0 unspecified atom stereocenters. The standard InChI is InChI=1S/C11H8O.HNO2/c12-8-10-6-3-5-9-4-1-2-7-11(9)10;2-1-3/h1-8H;(H,2,3). The van der Waals surface area contributed by atoms with Gasteiger partial charge in [0.15, 0.2) is 11.6 Å². The van der Waals surface area contributed by atoms with Crippen molar-refractivity contribution in [2.45, 2.75) is 0 Å². The predicted molar refractivity (Wildman–Crippen MR) is 56.9 cm³/mol. The van der Waals surface area contributed by atoms with Crippen molar-refractivity contribution in [2.75, 3.05) is 0 Å². The van der Waals surface area contributed by atoms with E-state index in [-0.39, 0.29) is 0 Å². The van der Waals surface area contributed by atoms with E-state index >= 15 is 0 Å². The van der Waals surface area contributed by atoms with Gasteiger partial charge in [0.05, 0.1) is 0 Å². The van der Waals surface area contributed by atoms with Crippen molar-refractivity contribution < 1.29 is 10.0 Å². The molecule has 0 atom stereocenters. The summed E-state index contributed by atoms with van der Waals surface area (Å²) in [5.74, 6) is 0. The minimum Gasteiger partial charge on any atom is -0.379 e. The number of fused-ring (bicyclic) bond motifs is 1. The third-order valence-electron chi connectivity index (χ3n) is 1.95. The van der Waals surface area contributed by atoms with Gasteiger partial charge in [-0.05, 0) is 10.8 Å². The summed E-state index contributed by atoms with van der Waals surface area (Å²) in [5.41, 5.74) is 0.758. The maximum absolute atomic E-state index is 10.6. The fraction of sp³-hybridized carbons (Fsp3) is 0. The first-order valence-corrected chi connectivity index (χ1v) is 4.23. The molecule has 4 nitrogen and oxygen atoms in total. The van der Waals surface area contributed by atoms with Gasteiger partial charge >= 0.3 is 0 Å². The van der Waals surface area contributed by atoms with Crippen LogP contribution < -0.4 is 0 Å². The minimum atomic E-state index is 0.758. The van der Waals surface area contributed by atoms with Crippen LogP contribution in [0.25, 0.3) is 10.8 Å². The van der Waals surface area contributed by atoms with E-state index in [2.05, 4.69) is 0 Å². The van der Waals surface area contributed by atoms with Crippen LogP contribution in [0.1, 0.15) is 10.4 Å². The van der Waals surface area contributed by atoms with E-state index in [9.17, 15) is 4.79 Å². The van der Waals surface area contributed by atoms with Crippen molar-refractivity contribution in [1.29, 1.82) is 0 Å². The average Bonchev–Trinajstić information content (AvgIpc) is 2.29. The molecule has 15 heavy (non-hydrogen) atoms. The summed E-state index contributed by atoms with van der Waals surface area (Å²) in [5, 5.41) is 10.0. The van der Waals surface area contributed by atoms with Gasteiger partial charge in [-0.2, -0.15) is 0 Å². The molecule has 0 aliphatic rings. The van der Waals surface area contributed by atoms with Crippen LogP contribution in [0.5, 0.6) is 0 Å². The summed E-state index contributed by atoms with van der Waals surface area (Å²) < 4.78 is 0. The maximum atomic E-state index is 10.6. The maximum Gasteiger partial charge on any atom is 0.152 e. The first-order valence-electron chi connectivity index (χ1n) is 4.23. The SMILES string of the molecule is O=Cc1cccc2ccccc12.O=NO. The molecular weight excluding hydrogens is 194 g/mol. The summed E-state index contributed by atoms with van der Waals surface area (Å²) in [4.78, 5) is 18.7. The topological polar surface area (TPSA) is 66.7 Å². The molecule has 0 aromatic heterocycles. The van der Waals surface area contributed by atoms with Crippen molar-refractivity contribution in [2.24, 2.45) is 5.34 Å². The number of hydrogen-bond acceptors (Lipinski definition) is 3. The number of aldehydes is 1. The van der Waals surface area contributed by atoms with Crippen LogP contribution in [0.2, 0.25) is 0 Å². The number of hydrogen-bond donors (Lipinski definition) is 1. The van der Waals surface area contributed by atoms with Gasteiger partial charge < -0.3 is 5.21 Å². The molecule has 0 bridgehead atoms. The largest absolute Gasteiger partial charge is 0.379 e. The van der Waals surface area contributed by atoms with Gasteiger partial charge in [-0.3, -0.25) is 4.79 Å². The lowest BCUT2D eigenvalue weighted by atomic mass is 10.1. The second-order valence-electron chi connectivity index (χ2n) is 2.77. The first kappa shape index (κ1) is 10.8. The molecule has 0 aliphatic heterocycles. The molecule has 0 saturated carbocycles. The second-order valence-corrected chi connectivity index (χ2v) is 2.77. The van der Waals surface area contributed by atoms with E-state index < -0.39 is 0 Å². The number of nitrogens with zero attached hydrogens (tertiary/aromatic N) is 1. The van der Waals surface area contributed by atoms with E-state index in [4.69, 9.17) is 10.1 Å². The Kier molecular flexibility index (Phi) is 3.97. The highest BCUT2D eigenvalue weighted by Crippen LogP contribution is 2.16. The fourth-order valence-electron chi connectivity index (χ4n) is 1.35. The zero-order valence-electron chi connectivity index (χ0n) is 7.83. The zero-order valence-corrected chi connectivity index (χ0v) is 7.83. The van der Waals surface area contributed by atoms with Crippen LogP contribution in [-0.4, -0.2) is 11.5 Å². The zero-order chi connectivity index (χ0) is 11.1. The van der Waals surface area contributed by atoms with Crippen LogP contribution in [0, 0.1) is 4.91 Å². The van der Waals surface area contributed by atoms with Gasteiger partial charge in [0.25, 0.3) is 0 Å². The highest BCUT2D eigenvalue weighted by atomic mass is 16.6. The highest BCUT2D eigenvalue weighted by Gasteiger charge is 1.96. The summed E-state index contributed by atoms with van der Waals surface area (Å²) in [6, 6.07) is 13.6. The predicted octanol–water partition coefficient (Wildman–Crippen LogP) is 2.79. The van der Waals surface area contributed by atoms with E-state index in [0.717, 1.165) is 22.6 Å². The number of rotatable bonds is 1. The van der Waals surface area contributed by atoms with Crippen LogP contribution in [0.4, 0.5) is 0 Å². The van der Waals surface area contributed by atoms with Crippen molar-refractivity contribution >= 4 is 17.1 Å². The fourth-order valence-corrected chi connectivity index (χ4v) is 1.35. The van der Waals surface area contributed by atoms with Gasteiger partial charge in [-0.15, -0.1) is 4.91 Å². The van der Waals surface area contributed by atoms with E-state index in [0.29, 0.717) is 0 Å². The van der Waals surface area contributed by atoms with Crippen molar-refractivity contribution in [3.05, 3.63) is 52.9 Å². The minimum absolute atomic E-state index is 0.758. The molecule has 1 N–H and O–H groups in total. The number of carbonyl (C=O) groups is 1. The Morgan fingerprint density at radius 3 is 2.33 bits per heavy atom. The molecule has 0 radical (unpaired) electrons. The molecule has 0 fully saturated rings. The lowest BCUT2D eigenvalue weighted by Crippen LogP contribution is -1.81. The van der Waals surface area contributed by atoms with E-state index in [1.54, 1.807) is 0 Å². The van der Waals surface area contributed by atoms with Crippen molar-refractivity contribution in [3.63, 3.8) is 0 Å². The Morgan fingerprint density at radius 2 is 1.67 bits per heavy atom. The summed E-state index contributed by atoms with van der Waals surface area (Å²) in [6.07, 6.45) is 0.891. The van der Waals surface area contributed by atoms with Gasteiger partial charge in [-0.25, -0.2) is 0 Å². The van der Waals surface area contributed by atoms with Crippen LogP contribution in [-0.2, 0) is 0 Å². The highest BCUT2D eigenvalue weighted by molar-refractivity contribution is 5.97. The van der Waals surface area contributed by atoms with Crippen LogP contribution in [0.15, 0.2) is 47.8 Å². The van der Waals surface area contributed by atoms with E-state index in [1.165, 1.54) is 5.34 Å².